The number of hydrogen-bond donors (Lipinski definition) is 1. The van der Waals surface area contributed by atoms with E-state index in [4.69, 9.17) is 9.47 Å². The van der Waals surface area contributed by atoms with Crippen LogP contribution in [0, 0.1) is 17.8 Å². The number of allylic oxidation sites excluding steroid dienone is 1. The number of rotatable bonds is 10. The molecule has 2 aliphatic rings. The summed E-state index contributed by atoms with van der Waals surface area (Å²) in [6, 6.07) is 0. The second-order valence-electron chi connectivity index (χ2n) is 8.37. The molecule has 0 aromatic heterocycles. The van der Waals surface area contributed by atoms with E-state index in [1.54, 1.807) is 6.08 Å². The van der Waals surface area contributed by atoms with Crippen molar-refractivity contribution >= 4 is 0 Å². The predicted molar refractivity (Wildman–Crippen MR) is 110 cm³/mol. The molecule has 0 amide bonds. The van der Waals surface area contributed by atoms with Gasteiger partial charge in [0.1, 0.15) is 5.60 Å². The standard InChI is InChI=1S/C12H20O.C11H18O2/c1-6-10(4)11(5)12(8-13-12)7-9(2)3;1-5-10(12)9(4)11(7-13-11)6-8(2)3/h6,10-11H,1-2,7-8H2,3-5H3;5,9-10,12H,1-2,6-7H2,3-4H3/t10-,11-,12-;9-,10-,11-/m11/s1. The molecular formula is C23H38O3. The van der Waals surface area contributed by atoms with E-state index >= 15 is 0 Å². The van der Waals surface area contributed by atoms with Crippen LogP contribution in [0.4, 0.5) is 0 Å². The van der Waals surface area contributed by atoms with Gasteiger partial charge in [-0.1, -0.05) is 44.1 Å². The van der Waals surface area contributed by atoms with Gasteiger partial charge in [-0.3, -0.25) is 0 Å². The summed E-state index contributed by atoms with van der Waals surface area (Å²) in [5.41, 5.74) is 2.22. The molecule has 0 radical (unpaired) electrons. The number of epoxide rings is 2. The van der Waals surface area contributed by atoms with Crippen molar-refractivity contribution in [2.75, 3.05) is 13.2 Å². The summed E-state index contributed by atoms with van der Waals surface area (Å²) in [5.74, 6) is 1.16. The van der Waals surface area contributed by atoms with Crippen LogP contribution in [0.3, 0.4) is 0 Å². The van der Waals surface area contributed by atoms with Gasteiger partial charge >= 0.3 is 0 Å². The zero-order valence-corrected chi connectivity index (χ0v) is 17.4. The zero-order chi connectivity index (χ0) is 20.1. The lowest BCUT2D eigenvalue weighted by Gasteiger charge is -2.24. The molecular weight excluding hydrogens is 324 g/mol. The van der Waals surface area contributed by atoms with Crippen molar-refractivity contribution in [3.05, 3.63) is 49.6 Å². The Balaban J connectivity index is 0.000000260. The molecule has 0 unspecified atom stereocenters. The highest BCUT2D eigenvalue weighted by atomic mass is 16.6. The van der Waals surface area contributed by atoms with Crippen molar-refractivity contribution in [2.24, 2.45) is 17.8 Å². The summed E-state index contributed by atoms with van der Waals surface area (Å²) >= 11 is 0. The van der Waals surface area contributed by atoms with Crippen molar-refractivity contribution < 1.29 is 14.6 Å². The summed E-state index contributed by atoms with van der Waals surface area (Å²) in [5, 5.41) is 9.59. The number of ether oxygens (including phenoxy) is 2. The highest BCUT2D eigenvalue weighted by molar-refractivity contribution is 5.10. The second-order valence-corrected chi connectivity index (χ2v) is 8.37. The van der Waals surface area contributed by atoms with E-state index in [-0.39, 0.29) is 17.1 Å². The highest BCUT2D eigenvalue weighted by Crippen LogP contribution is 2.44. The summed E-state index contributed by atoms with van der Waals surface area (Å²) in [7, 11) is 0. The van der Waals surface area contributed by atoms with Crippen molar-refractivity contribution in [1.82, 2.24) is 0 Å². The number of hydrogen-bond acceptors (Lipinski definition) is 3. The molecule has 26 heavy (non-hydrogen) atoms. The quantitative estimate of drug-likeness (QED) is 0.435. The van der Waals surface area contributed by atoms with Crippen molar-refractivity contribution in [3.63, 3.8) is 0 Å². The third-order valence-electron chi connectivity index (χ3n) is 5.81. The predicted octanol–water partition coefficient (Wildman–Crippen LogP) is 5.08. The van der Waals surface area contributed by atoms with E-state index in [0.29, 0.717) is 11.8 Å². The Bertz CT molecular complexity index is 478. The Labute approximate surface area is 160 Å². The lowest BCUT2D eigenvalue weighted by molar-refractivity contribution is 0.0965. The monoisotopic (exact) mass is 362 g/mol. The van der Waals surface area contributed by atoms with Crippen molar-refractivity contribution in [1.29, 1.82) is 0 Å². The van der Waals surface area contributed by atoms with Gasteiger partial charge in [-0.05, 0) is 38.5 Å². The Morgan fingerprint density at radius 1 is 0.923 bits per heavy atom. The maximum atomic E-state index is 9.59. The lowest BCUT2D eigenvalue weighted by atomic mass is 9.81. The summed E-state index contributed by atoms with van der Waals surface area (Å²) in [6.07, 6.45) is 4.91. The van der Waals surface area contributed by atoms with Gasteiger partial charge < -0.3 is 14.6 Å². The summed E-state index contributed by atoms with van der Waals surface area (Å²) in [4.78, 5) is 0. The fraction of sp³-hybridized carbons (Fsp3) is 0.652. The Kier molecular flexibility index (Phi) is 8.06. The van der Waals surface area contributed by atoms with E-state index in [1.165, 1.54) is 5.57 Å². The minimum Gasteiger partial charge on any atom is -0.389 e. The average molecular weight is 363 g/mol. The largest absolute Gasteiger partial charge is 0.389 e. The van der Waals surface area contributed by atoms with Crippen LogP contribution in [0.2, 0.25) is 0 Å². The first-order valence-electron chi connectivity index (χ1n) is 9.53. The first-order chi connectivity index (χ1) is 12.0. The molecule has 0 bridgehead atoms. The molecule has 2 heterocycles. The average Bonchev–Trinajstić information content (AvgIpc) is 3.49. The third kappa shape index (κ3) is 5.94. The molecule has 1 N–H and O–H groups in total. The molecule has 6 atom stereocenters. The molecule has 2 fully saturated rings. The van der Waals surface area contributed by atoms with Crippen LogP contribution in [0.25, 0.3) is 0 Å². The molecule has 0 aromatic rings. The Morgan fingerprint density at radius 3 is 1.58 bits per heavy atom. The van der Waals surface area contributed by atoms with Crippen LogP contribution in [0.5, 0.6) is 0 Å². The minimum absolute atomic E-state index is 0.0828. The number of aliphatic hydroxyl groups is 1. The molecule has 0 saturated carbocycles. The fourth-order valence-corrected chi connectivity index (χ4v) is 3.46. The maximum Gasteiger partial charge on any atom is 0.101 e. The van der Waals surface area contributed by atoms with Crippen LogP contribution in [-0.2, 0) is 9.47 Å². The van der Waals surface area contributed by atoms with Crippen LogP contribution in [0.15, 0.2) is 49.6 Å². The van der Waals surface area contributed by atoms with E-state index in [1.807, 2.05) is 19.9 Å². The number of aliphatic hydroxyl groups excluding tert-OH is 1. The van der Waals surface area contributed by atoms with E-state index in [0.717, 1.165) is 31.6 Å². The van der Waals surface area contributed by atoms with Crippen LogP contribution < -0.4 is 0 Å². The molecule has 0 aromatic carbocycles. The van der Waals surface area contributed by atoms with Crippen LogP contribution in [-0.4, -0.2) is 35.6 Å². The first kappa shape index (κ1) is 22.9. The van der Waals surface area contributed by atoms with Gasteiger partial charge in [-0.15, -0.1) is 26.3 Å². The van der Waals surface area contributed by atoms with Gasteiger partial charge in [-0.25, -0.2) is 0 Å². The molecule has 3 heteroatoms. The minimum atomic E-state index is -0.484. The summed E-state index contributed by atoms with van der Waals surface area (Å²) < 4.78 is 11.0. The molecule has 2 aliphatic heterocycles. The molecule has 3 nitrogen and oxygen atoms in total. The molecule has 148 valence electrons. The van der Waals surface area contributed by atoms with E-state index in [2.05, 4.69) is 47.1 Å². The SMILES string of the molecule is C=C[C@@H](C)[C@@H](C)[C@@]1(CC(=C)C)CO1.C=C[C@@H](O)[C@@H](C)[C@@]1(CC(=C)C)CO1. The van der Waals surface area contributed by atoms with Gasteiger partial charge in [0.2, 0.25) is 0 Å². The molecule has 2 rings (SSSR count). The van der Waals surface area contributed by atoms with Gasteiger partial charge in [-0.2, -0.15) is 0 Å². The highest BCUT2D eigenvalue weighted by Gasteiger charge is 2.51. The molecule has 0 aliphatic carbocycles. The Morgan fingerprint density at radius 2 is 1.31 bits per heavy atom. The van der Waals surface area contributed by atoms with Gasteiger partial charge in [0.25, 0.3) is 0 Å². The molecule has 0 spiro atoms. The lowest BCUT2D eigenvalue weighted by Crippen LogP contribution is -2.31. The van der Waals surface area contributed by atoms with Crippen LogP contribution >= 0.6 is 0 Å². The second kappa shape index (κ2) is 9.16. The van der Waals surface area contributed by atoms with Gasteiger partial charge in [0, 0.05) is 5.92 Å². The van der Waals surface area contributed by atoms with Gasteiger partial charge in [0.05, 0.1) is 24.9 Å². The fourth-order valence-electron chi connectivity index (χ4n) is 3.46. The first-order valence-corrected chi connectivity index (χ1v) is 9.53. The van der Waals surface area contributed by atoms with E-state index < -0.39 is 6.10 Å². The smallest absolute Gasteiger partial charge is 0.101 e. The van der Waals surface area contributed by atoms with E-state index in [9.17, 15) is 5.11 Å². The van der Waals surface area contributed by atoms with Crippen LogP contribution in [0.1, 0.15) is 47.5 Å². The maximum absolute atomic E-state index is 9.59. The van der Waals surface area contributed by atoms with Crippen molar-refractivity contribution in [2.45, 2.75) is 64.8 Å². The zero-order valence-electron chi connectivity index (χ0n) is 17.4. The third-order valence-corrected chi connectivity index (χ3v) is 5.81. The normalized spacial score (nSPS) is 30.7. The molecule has 2 saturated heterocycles. The van der Waals surface area contributed by atoms with Crippen molar-refractivity contribution in [3.8, 4) is 0 Å². The summed E-state index contributed by atoms with van der Waals surface area (Å²) in [6.45, 7) is 27.3. The topological polar surface area (TPSA) is 45.3 Å². The Hall–Kier alpha value is -1.16. The van der Waals surface area contributed by atoms with Gasteiger partial charge in [0.15, 0.2) is 0 Å².